The van der Waals surface area contributed by atoms with Crippen LogP contribution in [-0.2, 0) is 14.8 Å². The number of halogens is 1. The zero-order valence-corrected chi connectivity index (χ0v) is 8.68. The van der Waals surface area contributed by atoms with E-state index >= 15 is 0 Å². The zero-order valence-electron chi connectivity index (χ0n) is 7.10. The molecule has 1 rings (SSSR count). The second-order valence-electron chi connectivity index (χ2n) is 2.74. The highest BCUT2D eigenvalue weighted by atomic mass is 35.7. The maximum Gasteiger partial charge on any atom is 0.248 e. The molecule has 0 aromatic heterocycles. The highest BCUT2D eigenvalue weighted by Gasteiger charge is 2.07. The minimum atomic E-state index is -3.55. The average molecular weight is 234 g/mol. The van der Waals surface area contributed by atoms with Crippen LogP contribution in [0.2, 0.25) is 0 Å². The van der Waals surface area contributed by atoms with E-state index < -0.39 is 15.0 Å². The number of primary amides is 1. The largest absolute Gasteiger partial charge is 0.366 e. The fourth-order valence-corrected chi connectivity index (χ4v) is 1.93. The molecule has 0 saturated carbocycles. The van der Waals surface area contributed by atoms with Crippen molar-refractivity contribution < 1.29 is 13.2 Å². The van der Waals surface area contributed by atoms with Gasteiger partial charge in [-0.3, -0.25) is 4.79 Å². The van der Waals surface area contributed by atoms with E-state index in [9.17, 15) is 13.2 Å². The van der Waals surface area contributed by atoms with Crippen molar-refractivity contribution in [2.75, 3.05) is 0 Å². The van der Waals surface area contributed by atoms with Gasteiger partial charge in [-0.25, -0.2) is 8.42 Å². The van der Waals surface area contributed by atoms with Crippen molar-refractivity contribution in [2.24, 2.45) is 5.73 Å². The van der Waals surface area contributed by atoms with Crippen molar-refractivity contribution in [1.29, 1.82) is 0 Å². The second kappa shape index (κ2) is 3.98. The number of benzene rings is 1. The molecule has 76 valence electrons. The number of nitrogens with two attached hydrogens (primary N) is 1. The molecular weight excluding hydrogens is 226 g/mol. The van der Waals surface area contributed by atoms with Gasteiger partial charge in [-0.2, -0.15) is 0 Å². The van der Waals surface area contributed by atoms with Gasteiger partial charge in [-0.1, -0.05) is 12.1 Å². The van der Waals surface area contributed by atoms with Gasteiger partial charge in [0.15, 0.2) is 0 Å². The second-order valence-corrected chi connectivity index (χ2v) is 5.52. The van der Waals surface area contributed by atoms with Gasteiger partial charge in [0, 0.05) is 16.2 Å². The van der Waals surface area contributed by atoms with Crippen LogP contribution in [0.4, 0.5) is 0 Å². The summed E-state index contributed by atoms with van der Waals surface area (Å²) in [6, 6.07) is 5.92. The summed E-state index contributed by atoms with van der Waals surface area (Å²) in [5, 5.41) is 0. The Balaban J connectivity index is 2.90. The summed E-state index contributed by atoms with van der Waals surface area (Å²) in [4.78, 5) is 10.7. The fraction of sp³-hybridized carbons (Fsp3) is 0.125. The van der Waals surface area contributed by atoms with Gasteiger partial charge in [0.2, 0.25) is 15.0 Å². The molecule has 1 amide bonds. The van der Waals surface area contributed by atoms with Gasteiger partial charge in [-0.15, -0.1) is 0 Å². The SMILES string of the molecule is NC(=O)c1ccc(CS(=O)(=O)Cl)cc1. The Bertz CT molecular complexity index is 438. The van der Waals surface area contributed by atoms with Crippen LogP contribution in [0.25, 0.3) is 0 Å². The van der Waals surface area contributed by atoms with Crippen LogP contribution in [-0.4, -0.2) is 14.3 Å². The normalized spacial score (nSPS) is 11.2. The van der Waals surface area contributed by atoms with Crippen LogP contribution >= 0.6 is 10.7 Å². The molecule has 2 N–H and O–H groups in total. The summed E-state index contributed by atoms with van der Waals surface area (Å²) < 4.78 is 21.4. The summed E-state index contributed by atoms with van der Waals surface area (Å²) in [5.41, 5.74) is 5.86. The van der Waals surface area contributed by atoms with E-state index in [1.165, 1.54) is 24.3 Å². The molecule has 0 saturated heterocycles. The summed E-state index contributed by atoms with van der Waals surface area (Å²) >= 11 is 0. The molecule has 1 aromatic rings. The Kier molecular flexibility index (Phi) is 3.13. The number of hydrogen-bond acceptors (Lipinski definition) is 3. The molecule has 0 atom stereocenters. The Morgan fingerprint density at radius 1 is 1.29 bits per heavy atom. The molecule has 0 unspecified atom stereocenters. The van der Waals surface area contributed by atoms with Crippen molar-refractivity contribution in [1.82, 2.24) is 0 Å². The lowest BCUT2D eigenvalue weighted by atomic mass is 10.1. The summed E-state index contributed by atoms with van der Waals surface area (Å²) in [5.74, 6) is -0.807. The molecule has 14 heavy (non-hydrogen) atoms. The van der Waals surface area contributed by atoms with E-state index in [1.807, 2.05) is 0 Å². The van der Waals surface area contributed by atoms with Crippen molar-refractivity contribution in [3.63, 3.8) is 0 Å². The van der Waals surface area contributed by atoms with Gasteiger partial charge < -0.3 is 5.73 Å². The van der Waals surface area contributed by atoms with Crippen molar-refractivity contribution in [3.8, 4) is 0 Å². The first-order chi connectivity index (χ1) is 6.38. The average Bonchev–Trinajstić information content (AvgIpc) is 2.02. The molecule has 0 radical (unpaired) electrons. The summed E-state index contributed by atoms with van der Waals surface area (Å²) in [6.45, 7) is 0. The third-order valence-corrected chi connectivity index (χ3v) is 2.58. The zero-order chi connectivity index (χ0) is 10.8. The molecule has 4 nitrogen and oxygen atoms in total. The minimum Gasteiger partial charge on any atom is -0.366 e. The predicted molar refractivity (Wildman–Crippen MR) is 53.4 cm³/mol. The smallest absolute Gasteiger partial charge is 0.248 e. The van der Waals surface area contributed by atoms with E-state index in [4.69, 9.17) is 16.4 Å². The van der Waals surface area contributed by atoms with Crippen LogP contribution in [0, 0.1) is 0 Å². The van der Waals surface area contributed by atoms with Gasteiger partial charge in [0.05, 0.1) is 5.75 Å². The first-order valence-electron chi connectivity index (χ1n) is 3.69. The summed E-state index contributed by atoms with van der Waals surface area (Å²) in [7, 11) is 1.50. The third-order valence-electron chi connectivity index (χ3n) is 1.58. The van der Waals surface area contributed by atoms with E-state index in [0.29, 0.717) is 11.1 Å². The lowest BCUT2D eigenvalue weighted by molar-refractivity contribution is 0.100. The first-order valence-corrected chi connectivity index (χ1v) is 6.17. The molecule has 1 aromatic carbocycles. The van der Waals surface area contributed by atoms with Crippen LogP contribution in [0.15, 0.2) is 24.3 Å². The number of amides is 1. The van der Waals surface area contributed by atoms with Crippen LogP contribution in [0.5, 0.6) is 0 Å². The van der Waals surface area contributed by atoms with E-state index in [-0.39, 0.29) is 5.75 Å². The predicted octanol–water partition coefficient (Wildman–Crippen LogP) is 0.854. The monoisotopic (exact) mass is 233 g/mol. The van der Waals surface area contributed by atoms with Crippen molar-refractivity contribution in [3.05, 3.63) is 35.4 Å². The third kappa shape index (κ3) is 3.35. The molecule has 0 aliphatic rings. The molecule has 0 aliphatic carbocycles. The Morgan fingerprint density at radius 2 is 1.79 bits per heavy atom. The summed E-state index contributed by atoms with van der Waals surface area (Å²) in [6.07, 6.45) is 0. The molecule has 0 fully saturated rings. The molecule has 0 aliphatic heterocycles. The van der Waals surface area contributed by atoms with Crippen LogP contribution < -0.4 is 5.73 Å². The molecule has 0 heterocycles. The van der Waals surface area contributed by atoms with Crippen molar-refractivity contribution in [2.45, 2.75) is 5.75 Å². The Labute approximate surface area is 86.1 Å². The van der Waals surface area contributed by atoms with E-state index in [2.05, 4.69) is 0 Å². The highest BCUT2D eigenvalue weighted by molar-refractivity contribution is 8.13. The standard InChI is InChI=1S/C8H8ClNO3S/c9-14(12,13)5-6-1-3-7(4-2-6)8(10)11/h1-4H,5H2,(H2,10,11). The molecule has 6 heteroatoms. The Morgan fingerprint density at radius 3 is 2.14 bits per heavy atom. The van der Waals surface area contributed by atoms with E-state index in [1.54, 1.807) is 0 Å². The number of carbonyl (C=O) groups is 1. The Hall–Kier alpha value is -1.07. The number of hydrogen-bond donors (Lipinski definition) is 1. The van der Waals surface area contributed by atoms with Gasteiger partial charge in [0.1, 0.15) is 0 Å². The lowest BCUT2D eigenvalue weighted by Gasteiger charge is -1.98. The van der Waals surface area contributed by atoms with Crippen LogP contribution in [0.1, 0.15) is 15.9 Å². The highest BCUT2D eigenvalue weighted by Crippen LogP contribution is 2.10. The molecule has 0 spiro atoms. The van der Waals surface area contributed by atoms with Crippen LogP contribution in [0.3, 0.4) is 0 Å². The topological polar surface area (TPSA) is 77.2 Å². The molecular formula is C8H8ClNO3S. The molecule has 0 bridgehead atoms. The van der Waals surface area contributed by atoms with Gasteiger partial charge in [-0.05, 0) is 17.7 Å². The van der Waals surface area contributed by atoms with Crippen molar-refractivity contribution >= 4 is 25.6 Å². The minimum absolute atomic E-state index is 0.256. The number of carbonyl (C=O) groups excluding carboxylic acids is 1. The first kappa shape index (κ1) is 11.0. The fourth-order valence-electron chi connectivity index (χ4n) is 0.964. The maximum absolute atomic E-state index is 10.7. The lowest BCUT2D eigenvalue weighted by Crippen LogP contribution is -2.10. The quantitative estimate of drug-likeness (QED) is 0.787. The maximum atomic E-state index is 10.7. The van der Waals surface area contributed by atoms with Gasteiger partial charge >= 0.3 is 0 Å². The van der Waals surface area contributed by atoms with Gasteiger partial charge in [0.25, 0.3) is 0 Å². The van der Waals surface area contributed by atoms with E-state index in [0.717, 1.165) is 0 Å². The number of rotatable bonds is 3.